The number of halogens is 1. The van der Waals surface area contributed by atoms with E-state index in [1.54, 1.807) is 12.1 Å². The van der Waals surface area contributed by atoms with Crippen molar-refractivity contribution in [1.82, 2.24) is 4.31 Å². The van der Waals surface area contributed by atoms with Crippen LogP contribution >= 0.6 is 0 Å². The van der Waals surface area contributed by atoms with Gasteiger partial charge in [-0.15, -0.1) is 0 Å². The quantitative estimate of drug-likeness (QED) is 0.653. The van der Waals surface area contributed by atoms with Crippen LogP contribution < -0.4 is 4.74 Å². The van der Waals surface area contributed by atoms with Gasteiger partial charge in [-0.1, -0.05) is 30.3 Å². The Morgan fingerprint density at radius 2 is 1.73 bits per heavy atom. The molecule has 6 nitrogen and oxygen atoms in total. The highest BCUT2D eigenvalue weighted by atomic mass is 32.2. The second kappa shape index (κ2) is 10.0. The second-order valence-electron chi connectivity index (χ2n) is 7.56. The molecule has 0 aromatic heterocycles. The third-order valence-corrected chi connectivity index (χ3v) is 7.62. The molecule has 0 saturated carbocycles. The van der Waals surface area contributed by atoms with Crippen molar-refractivity contribution in [3.63, 3.8) is 0 Å². The summed E-state index contributed by atoms with van der Waals surface area (Å²) in [4.78, 5) is 11.3. The van der Waals surface area contributed by atoms with Crippen molar-refractivity contribution in [3.8, 4) is 5.75 Å². The van der Waals surface area contributed by atoms with Crippen LogP contribution in [-0.2, 0) is 21.2 Å². The Labute approximate surface area is 176 Å². The van der Waals surface area contributed by atoms with E-state index >= 15 is 0 Å². The zero-order chi connectivity index (χ0) is 21.6. The lowest BCUT2D eigenvalue weighted by Crippen LogP contribution is -2.45. The smallest absolute Gasteiger partial charge is 0.304 e. The van der Waals surface area contributed by atoms with Gasteiger partial charge in [0, 0.05) is 13.1 Å². The van der Waals surface area contributed by atoms with Gasteiger partial charge >= 0.3 is 5.97 Å². The summed E-state index contributed by atoms with van der Waals surface area (Å²) >= 11 is 0. The number of rotatable bonds is 9. The lowest BCUT2D eigenvalue weighted by molar-refractivity contribution is -0.137. The number of carboxylic acid groups (broad SMARTS) is 1. The summed E-state index contributed by atoms with van der Waals surface area (Å²) in [5, 5.41) is 8.24. The normalized spacial score (nSPS) is 16.8. The minimum absolute atomic E-state index is 0.170. The molecule has 0 spiro atoms. The molecular formula is C22H26FNO5S. The average molecular weight is 436 g/mol. The van der Waals surface area contributed by atoms with Crippen molar-refractivity contribution in [1.29, 1.82) is 0 Å². The van der Waals surface area contributed by atoms with Crippen LogP contribution in [0.5, 0.6) is 5.75 Å². The minimum atomic E-state index is -3.74. The third-order valence-electron chi connectivity index (χ3n) is 5.36. The van der Waals surface area contributed by atoms with Gasteiger partial charge in [0.1, 0.15) is 11.6 Å². The lowest BCUT2D eigenvalue weighted by atomic mass is 9.99. The molecule has 2 aromatic carbocycles. The highest BCUT2D eigenvalue weighted by Crippen LogP contribution is 2.25. The van der Waals surface area contributed by atoms with E-state index in [9.17, 15) is 22.7 Å². The first-order valence-electron chi connectivity index (χ1n) is 9.97. The van der Waals surface area contributed by atoms with E-state index in [1.807, 2.05) is 30.3 Å². The van der Waals surface area contributed by atoms with Crippen LogP contribution in [0.25, 0.3) is 0 Å². The average Bonchev–Trinajstić information content (AvgIpc) is 2.73. The first-order valence-corrected chi connectivity index (χ1v) is 11.5. The predicted molar refractivity (Wildman–Crippen MR) is 111 cm³/mol. The van der Waals surface area contributed by atoms with Crippen LogP contribution in [0.4, 0.5) is 4.39 Å². The summed E-state index contributed by atoms with van der Waals surface area (Å²) in [7, 11) is -3.74. The predicted octanol–water partition coefficient (Wildman–Crippen LogP) is 3.33. The summed E-state index contributed by atoms with van der Waals surface area (Å²) < 4.78 is 46.3. The molecular weight excluding hydrogens is 409 g/mol. The number of benzene rings is 2. The molecule has 1 heterocycles. The van der Waals surface area contributed by atoms with E-state index in [4.69, 9.17) is 4.74 Å². The molecule has 1 N–H and O–H groups in total. The molecule has 3 rings (SSSR count). The number of carboxylic acids is 1. The Hall–Kier alpha value is -2.45. The first kappa shape index (κ1) is 22.2. The van der Waals surface area contributed by atoms with Crippen LogP contribution in [-0.4, -0.2) is 48.7 Å². The van der Waals surface area contributed by atoms with Gasteiger partial charge in [0.15, 0.2) is 0 Å². The monoisotopic (exact) mass is 435 g/mol. The Morgan fingerprint density at radius 3 is 2.33 bits per heavy atom. The lowest BCUT2D eigenvalue weighted by Gasteiger charge is -2.33. The Balaban J connectivity index is 1.58. The van der Waals surface area contributed by atoms with Crippen molar-refractivity contribution >= 4 is 16.0 Å². The number of sulfonamides is 1. The molecule has 1 aliphatic rings. The van der Waals surface area contributed by atoms with Crippen molar-refractivity contribution in [2.24, 2.45) is 5.92 Å². The van der Waals surface area contributed by atoms with Crippen LogP contribution in [0.2, 0.25) is 0 Å². The number of ether oxygens (including phenoxy) is 1. The Kier molecular flexibility index (Phi) is 7.44. The second-order valence-corrected chi connectivity index (χ2v) is 9.77. The fourth-order valence-electron chi connectivity index (χ4n) is 3.64. The standard InChI is InChI=1S/C22H26FNO5S/c23-19-6-8-20(9-7-19)29-16-18-10-12-24(13-11-18)30(27,28)21(15-22(25)26)14-17-4-2-1-3-5-17/h1-9,18,21H,10-16H2,(H,25,26). The summed E-state index contributed by atoms with van der Waals surface area (Å²) in [6.45, 7) is 1.11. The van der Waals surface area contributed by atoms with Gasteiger partial charge in [-0.3, -0.25) is 4.79 Å². The van der Waals surface area contributed by atoms with E-state index in [2.05, 4.69) is 0 Å². The molecule has 0 radical (unpaired) electrons. The number of hydrogen-bond acceptors (Lipinski definition) is 4. The molecule has 1 unspecified atom stereocenters. The van der Waals surface area contributed by atoms with E-state index in [-0.39, 0.29) is 18.2 Å². The SMILES string of the molecule is O=C(O)CC(Cc1ccccc1)S(=O)(=O)N1CCC(COc2ccc(F)cc2)CC1. The van der Waals surface area contributed by atoms with Crippen molar-refractivity contribution in [3.05, 3.63) is 66.0 Å². The number of piperidine rings is 1. The van der Waals surface area contributed by atoms with Crippen LogP contribution in [0.3, 0.4) is 0 Å². The fraction of sp³-hybridized carbons (Fsp3) is 0.409. The molecule has 0 aliphatic carbocycles. The molecule has 1 saturated heterocycles. The molecule has 1 fully saturated rings. The van der Waals surface area contributed by atoms with Gasteiger partial charge in [0.25, 0.3) is 0 Å². The van der Waals surface area contributed by atoms with E-state index in [1.165, 1.54) is 16.4 Å². The number of nitrogens with zero attached hydrogens (tertiary/aromatic N) is 1. The maximum Gasteiger partial charge on any atom is 0.304 e. The molecule has 1 aliphatic heterocycles. The fourth-order valence-corrected chi connectivity index (χ4v) is 5.54. The highest BCUT2D eigenvalue weighted by Gasteiger charge is 2.36. The summed E-state index contributed by atoms with van der Waals surface area (Å²) in [5.41, 5.74) is 0.801. The van der Waals surface area contributed by atoms with Crippen molar-refractivity contribution in [2.45, 2.75) is 30.9 Å². The highest BCUT2D eigenvalue weighted by molar-refractivity contribution is 7.89. The van der Waals surface area contributed by atoms with Gasteiger partial charge in [0.05, 0.1) is 18.3 Å². The zero-order valence-electron chi connectivity index (χ0n) is 16.6. The van der Waals surface area contributed by atoms with Crippen LogP contribution in [0, 0.1) is 11.7 Å². The van der Waals surface area contributed by atoms with Gasteiger partial charge in [0.2, 0.25) is 10.0 Å². The number of carbonyl (C=O) groups is 1. The van der Waals surface area contributed by atoms with Crippen LogP contribution in [0.1, 0.15) is 24.8 Å². The Morgan fingerprint density at radius 1 is 1.10 bits per heavy atom. The topological polar surface area (TPSA) is 83.9 Å². The molecule has 30 heavy (non-hydrogen) atoms. The van der Waals surface area contributed by atoms with E-state index < -0.39 is 27.7 Å². The largest absolute Gasteiger partial charge is 0.493 e. The molecule has 1 atom stereocenters. The Bertz CT molecular complexity index is 926. The molecule has 8 heteroatoms. The van der Waals surface area contributed by atoms with E-state index in [0.29, 0.717) is 38.3 Å². The van der Waals surface area contributed by atoms with E-state index in [0.717, 1.165) is 5.56 Å². The van der Waals surface area contributed by atoms with Crippen molar-refractivity contribution in [2.75, 3.05) is 19.7 Å². The first-order chi connectivity index (χ1) is 14.3. The van der Waals surface area contributed by atoms with Crippen LogP contribution in [0.15, 0.2) is 54.6 Å². The summed E-state index contributed by atoms with van der Waals surface area (Å²) in [6, 6.07) is 14.9. The minimum Gasteiger partial charge on any atom is -0.493 e. The van der Waals surface area contributed by atoms with Gasteiger partial charge in [-0.05, 0) is 55.0 Å². The molecule has 0 bridgehead atoms. The summed E-state index contributed by atoms with van der Waals surface area (Å²) in [5.74, 6) is -0.682. The molecule has 162 valence electrons. The van der Waals surface area contributed by atoms with Gasteiger partial charge in [-0.2, -0.15) is 0 Å². The third kappa shape index (κ3) is 6.03. The van der Waals surface area contributed by atoms with Gasteiger partial charge < -0.3 is 9.84 Å². The molecule has 0 amide bonds. The maximum atomic E-state index is 13.1. The van der Waals surface area contributed by atoms with Crippen molar-refractivity contribution < 1.29 is 27.4 Å². The zero-order valence-corrected chi connectivity index (χ0v) is 17.4. The number of hydrogen-bond donors (Lipinski definition) is 1. The maximum absolute atomic E-state index is 13.1. The molecule has 2 aromatic rings. The summed E-state index contributed by atoms with van der Waals surface area (Å²) in [6.07, 6.45) is 1.00. The van der Waals surface area contributed by atoms with Gasteiger partial charge in [-0.25, -0.2) is 17.1 Å². The number of aliphatic carboxylic acids is 1.